The van der Waals surface area contributed by atoms with Crippen molar-refractivity contribution in [2.75, 3.05) is 0 Å². The summed E-state index contributed by atoms with van der Waals surface area (Å²) in [5, 5.41) is 8.55. The number of hydrogen-bond acceptors (Lipinski definition) is 5. The fraction of sp³-hybridized carbons (Fsp3) is 0.103. The summed E-state index contributed by atoms with van der Waals surface area (Å²) in [4.78, 5) is 27.6. The van der Waals surface area contributed by atoms with Gasteiger partial charge in [-0.2, -0.15) is 10.2 Å². The van der Waals surface area contributed by atoms with Crippen LogP contribution >= 0.6 is 0 Å². The van der Waals surface area contributed by atoms with Gasteiger partial charge in [-0.1, -0.05) is 84.9 Å². The topological polar surface area (TPSA) is 72.0 Å². The molecule has 166 valence electrons. The molecule has 1 unspecified atom stereocenters. The Balaban J connectivity index is 1.59. The summed E-state index contributed by atoms with van der Waals surface area (Å²) in [6, 6.07) is 29.9. The van der Waals surface area contributed by atoms with Crippen LogP contribution in [0.25, 0.3) is 0 Å². The lowest BCUT2D eigenvalue weighted by molar-refractivity contribution is -0.120. The van der Waals surface area contributed by atoms with Crippen LogP contribution in [0.15, 0.2) is 112 Å². The predicted molar refractivity (Wildman–Crippen MR) is 132 cm³/mol. The number of furan rings is 1. The number of carbonyl (C=O) groups is 2. The van der Waals surface area contributed by atoms with Crippen molar-refractivity contribution in [2.24, 2.45) is 16.1 Å². The quantitative estimate of drug-likeness (QED) is 0.219. The Labute approximate surface area is 197 Å². The van der Waals surface area contributed by atoms with Crippen LogP contribution in [0.2, 0.25) is 0 Å². The molecule has 34 heavy (non-hydrogen) atoms. The maximum absolute atomic E-state index is 14.1. The van der Waals surface area contributed by atoms with Crippen molar-refractivity contribution in [3.05, 3.63) is 131 Å². The van der Waals surface area contributed by atoms with Gasteiger partial charge < -0.3 is 4.42 Å². The minimum absolute atomic E-state index is 0.221. The minimum atomic E-state index is -1.04. The van der Waals surface area contributed by atoms with Crippen molar-refractivity contribution in [3.63, 3.8) is 0 Å². The van der Waals surface area contributed by atoms with E-state index in [-0.39, 0.29) is 11.6 Å². The molecule has 1 aliphatic rings. The van der Waals surface area contributed by atoms with Gasteiger partial charge in [0.2, 0.25) is 0 Å². The Bertz CT molecular complexity index is 1360. The third-order valence-electron chi connectivity index (χ3n) is 5.95. The molecule has 0 N–H and O–H groups in total. The Morgan fingerprint density at radius 2 is 1.41 bits per heavy atom. The molecule has 5 nitrogen and oxygen atoms in total. The zero-order valence-electron chi connectivity index (χ0n) is 18.6. The van der Waals surface area contributed by atoms with Crippen LogP contribution in [0.3, 0.4) is 0 Å². The average Bonchev–Trinajstić information content (AvgIpc) is 3.41. The molecule has 0 spiro atoms. The van der Waals surface area contributed by atoms with Crippen LogP contribution < -0.4 is 0 Å². The third kappa shape index (κ3) is 4.04. The van der Waals surface area contributed by atoms with Gasteiger partial charge in [-0.25, -0.2) is 0 Å². The maximum atomic E-state index is 14.1. The van der Waals surface area contributed by atoms with Crippen molar-refractivity contribution < 1.29 is 14.0 Å². The fourth-order valence-corrected chi connectivity index (χ4v) is 4.38. The molecule has 0 saturated carbocycles. The molecule has 0 fully saturated rings. The maximum Gasteiger partial charge on any atom is 0.180 e. The largest absolute Gasteiger partial charge is 0.460 e. The second kappa shape index (κ2) is 9.24. The van der Waals surface area contributed by atoms with Crippen LogP contribution in [-0.2, 0) is 4.79 Å². The molecule has 1 heterocycles. The van der Waals surface area contributed by atoms with Gasteiger partial charge in [0.05, 0.1) is 17.8 Å². The summed E-state index contributed by atoms with van der Waals surface area (Å²) in [5.74, 6) is -0.807. The average molecular weight is 447 g/mol. The van der Waals surface area contributed by atoms with Crippen molar-refractivity contribution in [1.82, 2.24) is 0 Å². The molecule has 0 radical (unpaired) electrons. The normalized spacial score (nSPS) is 16.5. The fourth-order valence-electron chi connectivity index (χ4n) is 4.38. The number of rotatable bonds is 6. The van der Waals surface area contributed by atoms with E-state index in [4.69, 9.17) is 4.42 Å². The second-order valence-electron chi connectivity index (χ2n) is 8.18. The van der Waals surface area contributed by atoms with Gasteiger partial charge in [0.1, 0.15) is 17.4 Å². The summed E-state index contributed by atoms with van der Waals surface area (Å²) >= 11 is 0. The Kier molecular flexibility index (Phi) is 5.83. The van der Waals surface area contributed by atoms with Gasteiger partial charge in [-0.05, 0) is 30.2 Å². The summed E-state index contributed by atoms with van der Waals surface area (Å²) < 4.78 is 5.51. The van der Waals surface area contributed by atoms with Gasteiger partial charge in [0, 0.05) is 11.1 Å². The standard InChI is InChI=1S/C29H22N2O3/c1-19-16-17-22(34-19)18-30-31-27-23-14-8-9-15-24(23)28(32)26(27)29(33)25(20-10-4-2-5-11-20)21-12-6-3-7-13-21/h2-18,25-26H,1H3. The monoisotopic (exact) mass is 446 g/mol. The molecule has 1 atom stereocenters. The van der Waals surface area contributed by atoms with E-state index in [0.29, 0.717) is 22.6 Å². The number of carbonyl (C=O) groups excluding carboxylic acids is 2. The predicted octanol–water partition coefficient (Wildman–Crippen LogP) is 5.62. The molecule has 5 rings (SSSR count). The summed E-state index contributed by atoms with van der Waals surface area (Å²) in [6.07, 6.45) is 1.48. The van der Waals surface area contributed by atoms with Gasteiger partial charge in [-0.15, -0.1) is 0 Å². The molecule has 0 amide bonds. The van der Waals surface area contributed by atoms with Crippen molar-refractivity contribution in [2.45, 2.75) is 12.8 Å². The minimum Gasteiger partial charge on any atom is -0.460 e. The number of fused-ring (bicyclic) bond motifs is 1. The number of nitrogens with zero attached hydrogens (tertiary/aromatic N) is 2. The van der Waals surface area contributed by atoms with Crippen LogP contribution in [0.1, 0.15) is 44.5 Å². The van der Waals surface area contributed by atoms with E-state index in [1.165, 1.54) is 6.21 Å². The molecule has 1 aliphatic carbocycles. The zero-order valence-corrected chi connectivity index (χ0v) is 18.6. The molecule has 0 saturated heterocycles. The lowest BCUT2D eigenvalue weighted by Gasteiger charge is -2.20. The summed E-state index contributed by atoms with van der Waals surface area (Å²) in [6.45, 7) is 1.84. The SMILES string of the molecule is Cc1ccc(C=NN=C2c3ccccc3C(=O)C2C(=O)C(c2ccccc2)c2ccccc2)o1. The molecule has 0 aliphatic heterocycles. The summed E-state index contributed by atoms with van der Waals surface area (Å²) in [7, 11) is 0. The van der Waals surface area contributed by atoms with Gasteiger partial charge in [0.25, 0.3) is 0 Å². The zero-order chi connectivity index (χ0) is 23.5. The van der Waals surface area contributed by atoms with E-state index in [0.717, 1.165) is 16.9 Å². The van der Waals surface area contributed by atoms with E-state index < -0.39 is 11.8 Å². The van der Waals surface area contributed by atoms with Crippen molar-refractivity contribution in [3.8, 4) is 0 Å². The molecule has 1 aromatic heterocycles. The first-order valence-corrected chi connectivity index (χ1v) is 11.1. The van der Waals surface area contributed by atoms with E-state index in [9.17, 15) is 9.59 Å². The molecule has 0 bridgehead atoms. The molecule has 3 aromatic carbocycles. The highest BCUT2D eigenvalue weighted by Crippen LogP contribution is 2.35. The van der Waals surface area contributed by atoms with Crippen LogP contribution in [0.5, 0.6) is 0 Å². The van der Waals surface area contributed by atoms with Gasteiger partial charge in [-0.3, -0.25) is 9.59 Å². The van der Waals surface area contributed by atoms with Crippen LogP contribution in [0, 0.1) is 12.8 Å². The van der Waals surface area contributed by atoms with E-state index in [1.54, 1.807) is 18.2 Å². The molecule has 4 aromatic rings. The summed E-state index contributed by atoms with van der Waals surface area (Å²) in [5.41, 5.74) is 3.15. The lowest BCUT2D eigenvalue weighted by atomic mass is 9.80. The Morgan fingerprint density at radius 1 is 0.824 bits per heavy atom. The molecular formula is C29H22N2O3. The van der Waals surface area contributed by atoms with E-state index in [1.807, 2.05) is 85.8 Å². The number of aryl methyl sites for hydroxylation is 1. The molecular weight excluding hydrogens is 424 g/mol. The Morgan fingerprint density at radius 3 is 2.00 bits per heavy atom. The highest BCUT2D eigenvalue weighted by Gasteiger charge is 2.44. The first-order valence-electron chi connectivity index (χ1n) is 11.1. The van der Waals surface area contributed by atoms with Crippen molar-refractivity contribution in [1.29, 1.82) is 0 Å². The van der Waals surface area contributed by atoms with E-state index >= 15 is 0 Å². The number of Topliss-reactive ketones (excluding diaryl/α,β-unsaturated/α-hetero) is 2. The van der Waals surface area contributed by atoms with Crippen LogP contribution in [0.4, 0.5) is 0 Å². The Hall–Kier alpha value is -4.38. The van der Waals surface area contributed by atoms with Gasteiger partial charge >= 0.3 is 0 Å². The smallest absolute Gasteiger partial charge is 0.180 e. The van der Waals surface area contributed by atoms with Crippen molar-refractivity contribution >= 4 is 23.5 Å². The first kappa shape index (κ1) is 21.5. The highest BCUT2D eigenvalue weighted by molar-refractivity contribution is 6.38. The van der Waals surface area contributed by atoms with E-state index in [2.05, 4.69) is 10.2 Å². The number of ketones is 2. The highest BCUT2D eigenvalue weighted by atomic mass is 16.3. The number of hydrogen-bond donors (Lipinski definition) is 0. The second-order valence-corrected chi connectivity index (χ2v) is 8.18. The first-order chi connectivity index (χ1) is 16.6. The lowest BCUT2D eigenvalue weighted by Crippen LogP contribution is -2.31. The number of benzene rings is 3. The van der Waals surface area contributed by atoms with Crippen LogP contribution in [-0.4, -0.2) is 23.5 Å². The molecule has 5 heteroatoms. The third-order valence-corrected chi connectivity index (χ3v) is 5.95. The van der Waals surface area contributed by atoms with Gasteiger partial charge in [0.15, 0.2) is 11.6 Å².